The van der Waals surface area contributed by atoms with E-state index in [4.69, 9.17) is 4.74 Å². The number of hydrogen-bond acceptors (Lipinski definition) is 4. The molecule has 26 heavy (non-hydrogen) atoms. The Bertz CT molecular complexity index is 892. The summed E-state index contributed by atoms with van der Waals surface area (Å²) in [5.74, 6) is 0.549. The van der Waals surface area contributed by atoms with Crippen LogP contribution in [0.4, 0.5) is 0 Å². The van der Waals surface area contributed by atoms with E-state index in [-0.39, 0.29) is 23.9 Å². The van der Waals surface area contributed by atoms with E-state index in [9.17, 15) is 13.2 Å². The van der Waals surface area contributed by atoms with Crippen LogP contribution in [0, 0.1) is 3.57 Å². The second kappa shape index (κ2) is 7.93. The SMILES string of the molecule is COc1ccc(S(=O)(=O)N2CCN(C(=O)c3ccccc3I)CC2)cc1. The van der Waals surface area contributed by atoms with Gasteiger partial charge < -0.3 is 9.64 Å². The van der Waals surface area contributed by atoms with Crippen molar-refractivity contribution >= 4 is 38.5 Å². The Morgan fingerprint density at radius 2 is 1.62 bits per heavy atom. The number of sulfonamides is 1. The summed E-state index contributed by atoms with van der Waals surface area (Å²) in [5, 5.41) is 0. The number of amides is 1. The third-order valence-electron chi connectivity index (χ3n) is 4.33. The molecule has 0 unspecified atom stereocenters. The summed E-state index contributed by atoms with van der Waals surface area (Å²) < 4.78 is 32.9. The maximum absolute atomic E-state index is 12.8. The van der Waals surface area contributed by atoms with Crippen molar-refractivity contribution < 1.29 is 17.9 Å². The molecular formula is C18H19IN2O4S. The molecule has 0 spiro atoms. The second-order valence-electron chi connectivity index (χ2n) is 5.85. The highest BCUT2D eigenvalue weighted by molar-refractivity contribution is 14.1. The van der Waals surface area contributed by atoms with Gasteiger partial charge in [-0.2, -0.15) is 4.31 Å². The summed E-state index contributed by atoms with van der Waals surface area (Å²) in [6.45, 7) is 1.31. The third-order valence-corrected chi connectivity index (χ3v) is 7.18. The number of hydrogen-bond donors (Lipinski definition) is 0. The van der Waals surface area contributed by atoms with Crippen LogP contribution in [0.2, 0.25) is 0 Å². The summed E-state index contributed by atoms with van der Waals surface area (Å²) >= 11 is 2.14. The molecule has 1 fully saturated rings. The molecule has 3 rings (SSSR count). The van der Waals surface area contributed by atoms with Crippen molar-refractivity contribution in [1.29, 1.82) is 0 Å². The van der Waals surface area contributed by atoms with Gasteiger partial charge in [-0.25, -0.2) is 8.42 Å². The topological polar surface area (TPSA) is 66.9 Å². The summed E-state index contributed by atoms with van der Waals surface area (Å²) in [7, 11) is -2.04. The minimum atomic E-state index is -3.57. The maximum Gasteiger partial charge on any atom is 0.255 e. The van der Waals surface area contributed by atoms with Gasteiger partial charge in [0.25, 0.3) is 5.91 Å². The molecule has 8 heteroatoms. The van der Waals surface area contributed by atoms with Gasteiger partial charge in [0.05, 0.1) is 17.6 Å². The number of carbonyl (C=O) groups is 1. The van der Waals surface area contributed by atoms with Crippen molar-refractivity contribution in [2.75, 3.05) is 33.3 Å². The molecule has 0 aromatic heterocycles. The minimum absolute atomic E-state index is 0.0588. The van der Waals surface area contributed by atoms with Crippen molar-refractivity contribution in [3.05, 3.63) is 57.7 Å². The lowest BCUT2D eigenvalue weighted by Gasteiger charge is -2.34. The number of carbonyl (C=O) groups excluding carboxylic acids is 1. The Morgan fingerprint density at radius 1 is 1.00 bits per heavy atom. The zero-order valence-electron chi connectivity index (χ0n) is 14.3. The number of ether oxygens (including phenoxy) is 1. The predicted octanol–water partition coefficient (Wildman–Crippen LogP) is 2.45. The normalized spacial score (nSPS) is 15.7. The van der Waals surface area contributed by atoms with Crippen molar-refractivity contribution in [2.24, 2.45) is 0 Å². The van der Waals surface area contributed by atoms with Gasteiger partial charge in [0.2, 0.25) is 10.0 Å². The Hall–Kier alpha value is -1.65. The van der Waals surface area contributed by atoms with Gasteiger partial charge in [0.15, 0.2) is 0 Å². The molecule has 0 saturated carbocycles. The van der Waals surface area contributed by atoms with E-state index in [0.29, 0.717) is 24.4 Å². The molecular weight excluding hydrogens is 467 g/mol. The van der Waals surface area contributed by atoms with Gasteiger partial charge in [-0.05, 0) is 59.0 Å². The highest BCUT2D eigenvalue weighted by Crippen LogP contribution is 2.22. The number of piperazine rings is 1. The van der Waals surface area contributed by atoms with Gasteiger partial charge in [0.1, 0.15) is 5.75 Å². The molecule has 2 aromatic rings. The quantitative estimate of drug-likeness (QED) is 0.623. The predicted molar refractivity (Wildman–Crippen MR) is 107 cm³/mol. The van der Waals surface area contributed by atoms with E-state index in [2.05, 4.69) is 22.6 Å². The molecule has 6 nitrogen and oxygen atoms in total. The van der Waals surface area contributed by atoms with Crippen molar-refractivity contribution in [3.8, 4) is 5.75 Å². The van der Waals surface area contributed by atoms with Crippen LogP contribution < -0.4 is 4.74 Å². The lowest BCUT2D eigenvalue weighted by Crippen LogP contribution is -2.50. The molecule has 1 amide bonds. The zero-order chi connectivity index (χ0) is 18.7. The van der Waals surface area contributed by atoms with Crippen molar-refractivity contribution in [1.82, 2.24) is 9.21 Å². The van der Waals surface area contributed by atoms with Crippen LogP contribution in [0.1, 0.15) is 10.4 Å². The minimum Gasteiger partial charge on any atom is -0.497 e. The van der Waals surface area contributed by atoms with Crippen LogP contribution in [0.3, 0.4) is 0 Å². The van der Waals surface area contributed by atoms with Crippen molar-refractivity contribution in [3.63, 3.8) is 0 Å². The van der Waals surface area contributed by atoms with E-state index in [1.165, 1.54) is 23.5 Å². The fraction of sp³-hybridized carbons (Fsp3) is 0.278. The molecule has 0 atom stereocenters. The largest absolute Gasteiger partial charge is 0.497 e. The molecule has 0 radical (unpaired) electrons. The number of rotatable bonds is 4. The van der Waals surface area contributed by atoms with Crippen LogP contribution in [0.25, 0.3) is 0 Å². The second-order valence-corrected chi connectivity index (χ2v) is 8.95. The van der Waals surface area contributed by atoms with E-state index in [1.54, 1.807) is 23.1 Å². The Labute approximate surface area is 166 Å². The standard InChI is InChI=1S/C18H19IN2O4S/c1-25-14-6-8-15(9-7-14)26(23,24)21-12-10-20(11-13-21)18(22)16-4-2-3-5-17(16)19/h2-9H,10-13H2,1H3. The summed E-state index contributed by atoms with van der Waals surface area (Å²) in [6.07, 6.45) is 0. The Morgan fingerprint density at radius 3 is 2.19 bits per heavy atom. The van der Waals surface area contributed by atoms with Gasteiger partial charge in [-0.3, -0.25) is 4.79 Å². The fourth-order valence-electron chi connectivity index (χ4n) is 2.83. The van der Waals surface area contributed by atoms with Gasteiger partial charge in [-0.1, -0.05) is 12.1 Å². The Kier molecular flexibility index (Phi) is 5.83. The molecule has 2 aromatic carbocycles. The molecule has 0 bridgehead atoms. The first-order chi connectivity index (χ1) is 12.4. The molecule has 1 saturated heterocycles. The summed E-state index contributed by atoms with van der Waals surface area (Å²) in [5.41, 5.74) is 0.652. The molecule has 1 aliphatic heterocycles. The monoisotopic (exact) mass is 486 g/mol. The first-order valence-electron chi connectivity index (χ1n) is 8.11. The smallest absolute Gasteiger partial charge is 0.255 e. The van der Waals surface area contributed by atoms with Crippen LogP contribution >= 0.6 is 22.6 Å². The lowest BCUT2D eigenvalue weighted by molar-refractivity contribution is 0.0697. The van der Waals surface area contributed by atoms with Gasteiger partial charge in [-0.15, -0.1) is 0 Å². The zero-order valence-corrected chi connectivity index (χ0v) is 17.2. The molecule has 138 valence electrons. The first-order valence-corrected chi connectivity index (χ1v) is 10.6. The average Bonchev–Trinajstić information content (AvgIpc) is 2.68. The molecule has 1 heterocycles. The van der Waals surface area contributed by atoms with Gasteiger partial charge in [0, 0.05) is 29.7 Å². The highest BCUT2D eigenvalue weighted by atomic mass is 127. The van der Waals surface area contributed by atoms with Crippen LogP contribution in [-0.2, 0) is 10.0 Å². The molecule has 0 N–H and O–H groups in total. The lowest BCUT2D eigenvalue weighted by atomic mass is 10.2. The van der Waals surface area contributed by atoms with Crippen LogP contribution in [-0.4, -0.2) is 56.8 Å². The van der Waals surface area contributed by atoms with Crippen molar-refractivity contribution in [2.45, 2.75) is 4.90 Å². The molecule has 0 aliphatic carbocycles. The summed E-state index contributed by atoms with van der Waals surface area (Å²) in [6, 6.07) is 13.7. The van der Waals surface area contributed by atoms with Gasteiger partial charge >= 0.3 is 0 Å². The fourth-order valence-corrected chi connectivity index (χ4v) is 4.87. The number of benzene rings is 2. The number of nitrogens with zero attached hydrogens (tertiary/aromatic N) is 2. The average molecular weight is 486 g/mol. The number of halogens is 1. The molecule has 1 aliphatic rings. The van der Waals surface area contributed by atoms with Crippen LogP contribution in [0.5, 0.6) is 5.75 Å². The maximum atomic E-state index is 12.8. The number of methoxy groups -OCH3 is 1. The van der Waals surface area contributed by atoms with E-state index in [0.717, 1.165) is 3.57 Å². The third kappa shape index (κ3) is 3.86. The Balaban J connectivity index is 1.69. The van der Waals surface area contributed by atoms with E-state index in [1.807, 2.05) is 18.2 Å². The summed E-state index contributed by atoms with van der Waals surface area (Å²) in [4.78, 5) is 14.6. The first kappa shape index (κ1) is 19.1. The van der Waals surface area contributed by atoms with E-state index < -0.39 is 10.0 Å². The van der Waals surface area contributed by atoms with Crippen LogP contribution in [0.15, 0.2) is 53.4 Å². The van der Waals surface area contributed by atoms with E-state index >= 15 is 0 Å². The highest BCUT2D eigenvalue weighted by Gasteiger charge is 2.30.